The van der Waals surface area contributed by atoms with Gasteiger partial charge in [0.1, 0.15) is 12.5 Å². The van der Waals surface area contributed by atoms with Gasteiger partial charge in [-0.1, -0.05) is 42.0 Å². The van der Waals surface area contributed by atoms with E-state index in [0.29, 0.717) is 19.4 Å². The molecule has 3 aromatic rings. The Kier molecular flexibility index (Phi) is 21.0. The number of allylic oxidation sites excluding steroid dienone is 2. The SMILES string of the molecule is COCO.COc1ccc2c(CCN(C)C)cn(C=O)c2c1.O=CNCCC(O)CCC1=CN(Cc2ccccc2)C=CC1.[Y]. The first-order valence-corrected chi connectivity index (χ1v) is 14.7. The van der Waals surface area contributed by atoms with Crippen LogP contribution in [0.25, 0.3) is 10.9 Å². The minimum atomic E-state index is -0.359. The van der Waals surface area contributed by atoms with Crippen molar-refractivity contribution in [1.29, 1.82) is 0 Å². The molecule has 1 amide bonds. The number of amides is 1. The summed E-state index contributed by atoms with van der Waals surface area (Å²) in [7, 11) is 7.15. The third-order valence-corrected chi connectivity index (χ3v) is 6.93. The van der Waals surface area contributed by atoms with Crippen LogP contribution in [0.5, 0.6) is 5.75 Å². The first-order chi connectivity index (χ1) is 21.3. The number of aliphatic hydroxyl groups is 2. The zero-order valence-corrected chi connectivity index (χ0v) is 29.8. The molecule has 0 saturated heterocycles. The van der Waals surface area contributed by atoms with Crippen LogP contribution in [0.2, 0.25) is 0 Å². The maximum absolute atomic E-state index is 11.1. The number of likely N-dealkylation sites (N-methyl/N-ethyl adjacent to an activating group) is 1. The van der Waals surface area contributed by atoms with Crippen molar-refractivity contribution in [3.63, 3.8) is 0 Å². The van der Waals surface area contributed by atoms with Gasteiger partial charge in [0.25, 0.3) is 0 Å². The summed E-state index contributed by atoms with van der Waals surface area (Å²) in [4.78, 5) is 25.6. The maximum atomic E-state index is 11.1. The molecule has 0 aliphatic carbocycles. The molecule has 1 unspecified atom stereocenters. The molecular formula is C34H48N4O6Y. The number of carbonyl (C=O) groups is 2. The van der Waals surface area contributed by atoms with Gasteiger partial charge in [-0.15, -0.1) is 0 Å². The fraction of sp³-hybridized carbons (Fsp3) is 0.412. The first kappa shape index (κ1) is 40.2. The van der Waals surface area contributed by atoms with Crippen LogP contribution in [0, 0.1) is 0 Å². The van der Waals surface area contributed by atoms with E-state index in [0.717, 1.165) is 61.8 Å². The third-order valence-electron chi connectivity index (χ3n) is 6.93. The first-order valence-electron chi connectivity index (χ1n) is 14.7. The zero-order valence-electron chi connectivity index (χ0n) is 27.0. The van der Waals surface area contributed by atoms with Crippen LogP contribution in [0.4, 0.5) is 0 Å². The van der Waals surface area contributed by atoms with Crippen molar-refractivity contribution in [2.45, 2.75) is 44.8 Å². The number of fused-ring (bicyclic) bond motifs is 1. The number of aromatic nitrogens is 1. The average Bonchev–Trinajstić information content (AvgIpc) is 3.41. The Morgan fingerprint density at radius 2 is 1.80 bits per heavy atom. The van der Waals surface area contributed by atoms with E-state index in [1.165, 1.54) is 23.8 Å². The van der Waals surface area contributed by atoms with Gasteiger partial charge in [-0.3, -0.25) is 14.2 Å². The monoisotopic (exact) mass is 697 g/mol. The van der Waals surface area contributed by atoms with Crippen LogP contribution in [0.15, 0.2) is 78.8 Å². The van der Waals surface area contributed by atoms with E-state index in [1.807, 2.05) is 44.6 Å². The van der Waals surface area contributed by atoms with Gasteiger partial charge in [0.2, 0.25) is 12.8 Å². The van der Waals surface area contributed by atoms with Gasteiger partial charge in [0, 0.05) is 89.5 Å². The number of nitrogens with zero attached hydrogens (tertiary/aromatic N) is 3. The summed E-state index contributed by atoms with van der Waals surface area (Å²) in [5.74, 6) is 0.767. The molecular weight excluding hydrogens is 649 g/mol. The molecule has 2 aromatic carbocycles. The Labute approximate surface area is 292 Å². The fourth-order valence-electron chi connectivity index (χ4n) is 4.60. The number of hydrogen-bond donors (Lipinski definition) is 3. The van der Waals surface area contributed by atoms with Crippen LogP contribution >= 0.6 is 0 Å². The van der Waals surface area contributed by atoms with Crippen molar-refractivity contribution >= 4 is 23.7 Å². The summed E-state index contributed by atoms with van der Waals surface area (Å²) in [5, 5.41) is 21.2. The number of carbonyl (C=O) groups excluding carboxylic acids is 2. The second-order valence-electron chi connectivity index (χ2n) is 10.6. The van der Waals surface area contributed by atoms with Crippen molar-refractivity contribution in [2.75, 3.05) is 48.2 Å². The Bertz CT molecular complexity index is 1310. The van der Waals surface area contributed by atoms with Gasteiger partial charge < -0.3 is 34.8 Å². The van der Waals surface area contributed by atoms with Crippen molar-refractivity contribution < 1.29 is 62.0 Å². The summed E-state index contributed by atoms with van der Waals surface area (Å²) in [5.41, 5.74) is 4.71. The minimum absolute atomic E-state index is 0. The van der Waals surface area contributed by atoms with E-state index in [9.17, 15) is 14.7 Å². The smallest absolute Gasteiger partial charge is 0.218 e. The van der Waals surface area contributed by atoms with E-state index in [4.69, 9.17) is 9.84 Å². The Morgan fingerprint density at radius 1 is 1.07 bits per heavy atom. The Hall–Kier alpha value is -2.86. The van der Waals surface area contributed by atoms with Crippen molar-refractivity contribution in [3.05, 3.63) is 89.9 Å². The molecule has 11 heteroatoms. The quantitative estimate of drug-likeness (QED) is 0.124. The molecule has 1 aliphatic rings. The van der Waals surface area contributed by atoms with E-state index >= 15 is 0 Å². The minimum Gasteiger partial charge on any atom is -0.497 e. The summed E-state index contributed by atoms with van der Waals surface area (Å²) < 4.78 is 10.9. The van der Waals surface area contributed by atoms with Crippen molar-refractivity contribution in [2.24, 2.45) is 0 Å². The number of hydrogen-bond acceptors (Lipinski definition) is 8. The standard InChI is InChI=1S/C18H24N2O2.C14H18N2O2.C2H6O2.Y/c21-15-19-11-10-18(22)9-8-17-7-4-12-20(14-17)13-16-5-2-1-3-6-16;1-15(2)7-6-11-9-16(10-17)14-8-12(18-3)4-5-13(11)14;1-4-2-3;/h1-6,12,14-15,18,22H,7-11,13H2,(H,19,21);4-5,8-10H,6-7H2,1-3H3;3H,2H2,1H3;. The van der Waals surface area contributed by atoms with Gasteiger partial charge in [-0.25, -0.2) is 0 Å². The molecule has 45 heavy (non-hydrogen) atoms. The summed E-state index contributed by atoms with van der Waals surface area (Å²) in [6.45, 7) is 2.18. The van der Waals surface area contributed by atoms with E-state index < -0.39 is 0 Å². The number of nitrogens with one attached hydrogen (secondary N) is 1. The van der Waals surface area contributed by atoms with Gasteiger partial charge in [-0.2, -0.15) is 0 Å². The Morgan fingerprint density at radius 3 is 2.42 bits per heavy atom. The van der Waals surface area contributed by atoms with E-state index in [-0.39, 0.29) is 45.6 Å². The van der Waals surface area contributed by atoms with Crippen LogP contribution in [0.1, 0.15) is 36.8 Å². The normalized spacial score (nSPS) is 12.6. The molecule has 10 nitrogen and oxygen atoms in total. The predicted molar refractivity (Wildman–Crippen MR) is 175 cm³/mol. The molecule has 0 fully saturated rings. The molecule has 1 aromatic heterocycles. The van der Waals surface area contributed by atoms with E-state index in [1.54, 1.807) is 11.7 Å². The second-order valence-corrected chi connectivity index (χ2v) is 10.6. The second kappa shape index (κ2) is 23.5. The number of rotatable bonds is 15. The predicted octanol–water partition coefficient (Wildman–Crippen LogP) is 3.94. The Balaban J connectivity index is 0.000000400. The number of methoxy groups -OCH3 is 2. The average molecular weight is 698 g/mol. The van der Waals surface area contributed by atoms with Crippen molar-refractivity contribution in [3.8, 4) is 5.75 Å². The van der Waals surface area contributed by atoms with Gasteiger partial charge in [0.15, 0.2) is 0 Å². The largest absolute Gasteiger partial charge is 0.497 e. The molecule has 0 saturated carbocycles. The topological polar surface area (TPSA) is 116 Å². The van der Waals surface area contributed by atoms with Gasteiger partial charge >= 0.3 is 0 Å². The molecule has 1 radical (unpaired) electrons. The van der Waals surface area contributed by atoms with Crippen LogP contribution in [-0.4, -0.2) is 91.7 Å². The van der Waals surface area contributed by atoms with Gasteiger partial charge in [-0.05, 0) is 69.5 Å². The summed E-state index contributed by atoms with van der Waals surface area (Å²) in [6, 6.07) is 16.2. The number of ether oxygens (including phenoxy) is 2. The molecule has 4 rings (SSSR count). The van der Waals surface area contributed by atoms with Crippen LogP contribution in [-0.2, 0) is 60.0 Å². The molecule has 0 spiro atoms. The molecule has 0 bridgehead atoms. The molecule has 3 N–H and O–H groups in total. The summed E-state index contributed by atoms with van der Waals surface area (Å²) >= 11 is 0. The zero-order chi connectivity index (χ0) is 32.2. The van der Waals surface area contributed by atoms with Gasteiger partial charge in [0.05, 0.1) is 18.7 Å². The molecule has 243 valence electrons. The molecule has 1 atom stereocenters. The third kappa shape index (κ3) is 15.3. The molecule has 2 heterocycles. The molecule has 1 aliphatic heterocycles. The fourth-order valence-corrected chi connectivity index (χ4v) is 4.60. The summed E-state index contributed by atoms with van der Waals surface area (Å²) in [6.07, 6.45) is 13.6. The number of aliphatic hydroxyl groups excluding tert-OH is 2. The van der Waals surface area contributed by atoms with E-state index in [2.05, 4.69) is 62.6 Å². The van der Waals surface area contributed by atoms with Crippen LogP contribution < -0.4 is 10.1 Å². The van der Waals surface area contributed by atoms with Crippen molar-refractivity contribution in [1.82, 2.24) is 19.7 Å². The number of benzene rings is 2. The van der Waals surface area contributed by atoms with Crippen LogP contribution in [0.3, 0.4) is 0 Å². The maximum Gasteiger partial charge on any atom is 0.218 e.